The second kappa shape index (κ2) is 11.1. The van der Waals surface area contributed by atoms with Gasteiger partial charge in [0.05, 0.1) is 19.4 Å². The Bertz CT molecular complexity index is 839. The molecule has 0 aliphatic carbocycles. The van der Waals surface area contributed by atoms with Gasteiger partial charge >= 0.3 is 13.6 Å². The van der Waals surface area contributed by atoms with Gasteiger partial charge in [-0.1, -0.05) is 18.6 Å². The molecule has 0 saturated carbocycles. The number of phenolic OH excluding ortho intramolecular Hbond substituents is 1. The molecule has 7 nitrogen and oxygen atoms in total. The minimum Gasteiger partial charge on any atom is -0.507 e. The second-order valence-electron chi connectivity index (χ2n) is 7.32. The Morgan fingerprint density at radius 2 is 1.90 bits per heavy atom. The highest BCUT2D eigenvalue weighted by atomic mass is 31.2. The lowest BCUT2D eigenvalue weighted by Crippen LogP contribution is -2.21. The van der Waals surface area contributed by atoms with E-state index in [0.29, 0.717) is 44.4 Å². The third-order valence-corrected chi connectivity index (χ3v) is 7.35. The summed E-state index contributed by atoms with van der Waals surface area (Å²) < 4.78 is 28.2. The van der Waals surface area contributed by atoms with E-state index in [1.54, 1.807) is 13.8 Å². The molecule has 1 aromatic carbocycles. The first kappa shape index (κ1) is 24.6. The number of carbonyl (C=O) groups excluding carboxylic acids is 1. The van der Waals surface area contributed by atoms with Gasteiger partial charge in [-0.15, -0.1) is 0 Å². The molecular formula is C22H34NO6P. The fourth-order valence-electron chi connectivity index (χ4n) is 3.75. The number of hydrogen-bond donors (Lipinski definition) is 2. The van der Waals surface area contributed by atoms with Crippen LogP contribution in [0.5, 0.6) is 5.75 Å². The normalized spacial score (nSPS) is 14.2. The molecule has 0 aromatic heterocycles. The van der Waals surface area contributed by atoms with Crippen LogP contribution in [0, 0.1) is 6.92 Å². The molecule has 1 aliphatic rings. The molecule has 0 radical (unpaired) electrons. The maximum Gasteiger partial charge on any atom is 0.342 e. The number of fused-ring (bicyclic) bond motifs is 1. The third-order valence-electron chi connectivity index (χ3n) is 5.27. The van der Waals surface area contributed by atoms with Crippen LogP contribution in [-0.4, -0.2) is 43.5 Å². The van der Waals surface area contributed by atoms with E-state index in [1.165, 1.54) is 0 Å². The number of rotatable bonds is 12. The van der Waals surface area contributed by atoms with Gasteiger partial charge in [-0.05, 0) is 51.7 Å². The molecule has 2 N–H and O–H groups in total. The van der Waals surface area contributed by atoms with Gasteiger partial charge in [0.15, 0.2) is 0 Å². The molecule has 1 heterocycles. The van der Waals surface area contributed by atoms with E-state index in [4.69, 9.17) is 13.8 Å². The van der Waals surface area contributed by atoms with Crippen molar-refractivity contribution < 1.29 is 28.3 Å². The van der Waals surface area contributed by atoms with Crippen molar-refractivity contribution in [1.29, 1.82) is 0 Å². The fourth-order valence-corrected chi connectivity index (χ4v) is 5.30. The molecule has 0 unspecified atom stereocenters. The van der Waals surface area contributed by atoms with Crippen LogP contribution in [0.1, 0.15) is 60.3 Å². The van der Waals surface area contributed by atoms with Crippen LogP contribution in [0.25, 0.3) is 0 Å². The summed E-state index contributed by atoms with van der Waals surface area (Å²) in [5, 5.41) is 14.0. The summed E-state index contributed by atoms with van der Waals surface area (Å²) in [7, 11) is -3.04. The number of cyclic esters (lactones) is 1. The van der Waals surface area contributed by atoms with Gasteiger partial charge in [0.1, 0.15) is 17.9 Å². The average Bonchev–Trinajstić information content (AvgIpc) is 3.09. The monoisotopic (exact) mass is 439 g/mol. The van der Waals surface area contributed by atoms with Gasteiger partial charge in [0.2, 0.25) is 0 Å². The van der Waals surface area contributed by atoms with Crippen molar-refractivity contribution in [3.05, 3.63) is 39.5 Å². The molecule has 0 saturated heterocycles. The predicted molar refractivity (Wildman–Crippen MR) is 117 cm³/mol. The van der Waals surface area contributed by atoms with Crippen LogP contribution in [-0.2, 0) is 37.8 Å². The fraction of sp³-hybridized carbons (Fsp3) is 0.591. The van der Waals surface area contributed by atoms with Gasteiger partial charge in [-0.2, -0.15) is 0 Å². The molecule has 168 valence electrons. The van der Waals surface area contributed by atoms with Gasteiger partial charge in [0, 0.05) is 24.2 Å². The number of nitrogens with one attached hydrogen (secondary N) is 1. The Balaban J connectivity index is 2.02. The van der Waals surface area contributed by atoms with Crippen molar-refractivity contribution in [3.63, 3.8) is 0 Å². The average molecular weight is 439 g/mol. The number of aromatic hydroxyl groups is 1. The maximum atomic E-state index is 12.5. The largest absolute Gasteiger partial charge is 0.507 e. The number of ether oxygens (including phenoxy) is 1. The first-order valence-electron chi connectivity index (χ1n) is 10.6. The first-order chi connectivity index (χ1) is 14.3. The van der Waals surface area contributed by atoms with E-state index in [1.807, 2.05) is 26.8 Å². The molecular weight excluding hydrogens is 405 g/mol. The summed E-state index contributed by atoms with van der Waals surface area (Å²) in [5.74, 6) is -0.411. The number of hydrogen-bond acceptors (Lipinski definition) is 7. The highest BCUT2D eigenvalue weighted by Crippen LogP contribution is 2.47. The third kappa shape index (κ3) is 5.73. The highest BCUT2D eigenvalue weighted by Gasteiger charge is 2.30. The molecule has 2 rings (SSSR count). The molecule has 0 bridgehead atoms. The summed E-state index contributed by atoms with van der Waals surface area (Å²) >= 11 is 0. The van der Waals surface area contributed by atoms with E-state index in [9.17, 15) is 14.5 Å². The predicted octanol–water partition coefficient (Wildman–Crippen LogP) is 4.28. The van der Waals surface area contributed by atoms with Crippen LogP contribution >= 0.6 is 7.60 Å². The van der Waals surface area contributed by atoms with E-state index in [0.717, 1.165) is 34.2 Å². The first-order valence-corrected chi connectivity index (χ1v) is 12.3. The Labute approximate surface area is 179 Å². The molecule has 1 aromatic rings. The summed E-state index contributed by atoms with van der Waals surface area (Å²) in [5.41, 5.74) is 5.07. The second-order valence-corrected chi connectivity index (χ2v) is 9.50. The zero-order valence-electron chi connectivity index (χ0n) is 18.7. The molecule has 30 heavy (non-hydrogen) atoms. The molecule has 0 atom stereocenters. The minimum absolute atomic E-state index is 0.0429. The molecule has 0 amide bonds. The van der Waals surface area contributed by atoms with Crippen molar-refractivity contribution in [2.75, 3.05) is 32.5 Å². The van der Waals surface area contributed by atoms with E-state index < -0.39 is 13.6 Å². The van der Waals surface area contributed by atoms with Crippen LogP contribution in [0.4, 0.5) is 0 Å². The van der Waals surface area contributed by atoms with Crippen molar-refractivity contribution in [2.45, 2.75) is 54.1 Å². The van der Waals surface area contributed by atoms with Crippen molar-refractivity contribution in [3.8, 4) is 5.75 Å². The Kier molecular flexibility index (Phi) is 9.10. The summed E-state index contributed by atoms with van der Waals surface area (Å²) in [6.45, 7) is 11.7. The number of carbonyl (C=O) groups is 1. The quantitative estimate of drug-likeness (QED) is 0.217. The zero-order valence-corrected chi connectivity index (χ0v) is 19.6. The maximum absolute atomic E-state index is 12.5. The molecule has 0 spiro atoms. The van der Waals surface area contributed by atoms with Crippen LogP contribution in [0.15, 0.2) is 11.6 Å². The van der Waals surface area contributed by atoms with Gasteiger partial charge in [-0.25, -0.2) is 4.79 Å². The van der Waals surface area contributed by atoms with E-state index >= 15 is 0 Å². The van der Waals surface area contributed by atoms with Crippen molar-refractivity contribution >= 4 is 13.6 Å². The van der Waals surface area contributed by atoms with Gasteiger partial charge in [0.25, 0.3) is 0 Å². The Morgan fingerprint density at radius 3 is 2.50 bits per heavy atom. The Hall–Kier alpha value is -1.66. The van der Waals surface area contributed by atoms with Gasteiger partial charge in [-0.3, -0.25) is 4.57 Å². The summed E-state index contributed by atoms with van der Waals surface area (Å²) in [6, 6.07) is 0. The summed E-state index contributed by atoms with van der Waals surface area (Å²) in [6.07, 6.45) is 3.65. The van der Waals surface area contributed by atoms with Crippen LogP contribution < -0.4 is 5.32 Å². The molecule has 8 heteroatoms. The minimum atomic E-state index is -3.04. The number of esters is 1. The van der Waals surface area contributed by atoms with E-state index in [-0.39, 0.29) is 12.4 Å². The Morgan fingerprint density at radius 1 is 1.23 bits per heavy atom. The zero-order chi connectivity index (χ0) is 22.3. The van der Waals surface area contributed by atoms with Crippen LogP contribution in [0.2, 0.25) is 0 Å². The van der Waals surface area contributed by atoms with Crippen LogP contribution in [0.3, 0.4) is 0 Å². The van der Waals surface area contributed by atoms with E-state index in [2.05, 4.69) is 5.32 Å². The molecule has 0 fully saturated rings. The number of phenols is 1. The lowest BCUT2D eigenvalue weighted by Gasteiger charge is -2.17. The lowest BCUT2D eigenvalue weighted by atomic mass is 9.89. The summed E-state index contributed by atoms with van der Waals surface area (Å²) in [4.78, 5) is 12.0. The van der Waals surface area contributed by atoms with Crippen molar-refractivity contribution in [1.82, 2.24) is 5.32 Å². The SMILES string of the molecule is CCOP(=O)(CCNCC(C)=CCc1c(O)c2c(c(C)c1CC)COC2=O)OCC. The molecule has 1 aliphatic heterocycles. The van der Waals surface area contributed by atoms with Gasteiger partial charge < -0.3 is 24.2 Å². The smallest absolute Gasteiger partial charge is 0.342 e. The topological polar surface area (TPSA) is 94.1 Å². The highest BCUT2D eigenvalue weighted by molar-refractivity contribution is 7.53. The standard InChI is InChI=1S/C22H34NO6P/c1-6-17-16(5)19-14-27-22(25)20(19)21(24)18(17)10-9-15(4)13-23-11-12-30(26,28-7-2)29-8-3/h9,23-24H,6-8,10-14H2,1-5H3. The lowest BCUT2D eigenvalue weighted by molar-refractivity contribution is 0.0533. The number of allylic oxidation sites excluding steroid dienone is 1. The number of benzene rings is 1. The van der Waals surface area contributed by atoms with Crippen molar-refractivity contribution in [2.24, 2.45) is 0 Å².